The first-order valence-corrected chi connectivity index (χ1v) is 31.4. The van der Waals surface area contributed by atoms with Crippen molar-refractivity contribution < 1.29 is 80.2 Å². The number of esters is 3. The predicted octanol–water partition coefficient (Wildman–Crippen LogP) is 15.5. The van der Waals surface area contributed by atoms with Crippen LogP contribution in [0.2, 0.25) is 10.0 Å². The summed E-state index contributed by atoms with van der Waals surface area (Å²) in [5.74, 6) is -2.61. The van der Waals surface area contributed by atoms with Gasteiger partial charge in [0.15, 0.2) is 18.1 Å². The Balaban J connectivity index is 0.000000200. The van der Waals surface area contributed by atoms with Gasteiger partial charge in [0.1, 0.15) is 53.9 Å². The number of alkyl halides is 2. The minimum atomic E-state index is -2.93. The lowest BCUT2D eigenvalue weighted by atomic mass is 9.92. The van der Waals surface area contributed by atoms with Crippen molar-refractivity contribution in [2.24, 2.45) is 0 Å². The van der Waals surface area contributed by atoms with Crippen LogP contribution in [0.1, 0.15) is 149 Å². The van der Waals surface area contributed by atoms with Crippen molar-refractivity contribution in [1.82, 2.24) is 14.7 Å². The molecule has 22 heteroatoms. The highest BCUT2D eigenvalue weighted by Gasteiger charge is 2.42. The van der Waals surface area contributed by atoms with Gasteiger partial charge in [-0.1, -0.05) is 89.4 Å². The fourth-order valence-corrected chi connectivity index (χ4v) is 10.9. The maximum absolute atomic E-state index is 13.6. The summed E-state index contributed by atoms with van der Waals surface area (Å²) in [5, 5.41) is 1.15. The molecule has 6 aromatic rings. The molecule has 0 spiro atoms. The number of rotatable bonds is 13. The van der Waals surface area contributed by atoms with Crippen LogP contribution in [0.4, 0.5) is 23.2 Å². The molecule has 0 aliphatic carbocycles. The molecule has 504 valence electrons. The predicted molar refractivity (Wildman–Crippen MR) is 350 cm³/mol. The van der Waals surface area contributed by atoms with Crippen molar-refractivity contribution in [1.29, 1.82) is 0 Å². The molecule has 3 amide bonds. The number of aryl methyl sites for hydroxylation is 1. The van der Waals surface area contributed by atoms with Crippen LogP contribution in [0.25, 0.3) is 0 Å². The monoisotopic (exact) mass is 1340 g/mol. The lowest BCUT2D eigenvalue weighted by molar-refractivity contribution is -0.148. The number of ether oxygens (including phenoxy) is 9. The van der Waals surface area contributed by atoms with E-state index in [-0.39, 0.29) is 25.3 Å². The molecule has 0 unspecified atom stereocenters. The van der Waals surface area contributed by atoms with E-state index in [1.807, 2.05) is 43.3 Å². The Hall–Kier alpha value is -8.62. The number of fused-ring (bicyclic) bond motifs is 3. The van der Waals surface area contributed by atoms with Gasteiger partial charge >= 0.3 is 36.2 Å². The van der Waals surface area contributed by atoms with E-state index in [2.05, 4.69) is 12.1 Å². The zero-order valence-electron chi connectivity index (χ0n) is 55.6. The van der Waals surface area contributed by atoms with Crippen LogP contribution in [-0.4, -0.2) is 109 Å². The van der Waals surface area contributed by atoms with Crippen LogP contribution in [0.5, 0.6) is 17.2 Å². The number of carbonyl (C=O) groups excluding carboxylic acids is 6. The topological polar surface area (TPSA) is 195 Å². The molecule has 9 rings (SSSR count). The van der Waals surface area contributed by atoms with E-state index in [1.54, 1.807) is 123 Å². The summed E-state index contributed by atoms with van der Waals surface area (Å²) in [6, 6.07) is 33.1. The van der Waals surface area contributed by atoms with Gasteiger partial charge in [-0.15, -0.1) is 0 Å². The van der Waals surface area contributed by atoms with Crippen LogP contribution in [0.3, 0.4) is 0 Å². The van der Waals surface area contributed by atoms with Crippen molar-refractivity contribution in [2.75, 3.05) is 41.0 Å². The van der Waals surface area contributed by atoms with Crippen LogP contribution < -0.4 is 14.2 Å². The van der Waals surface area contributed by atoms with Crippen molar-refractivity contribution >= 4 is 59.4 Å². The van der Waals surface area contributed by atoms with Crippen molar-refractivity contribution in [2.45, 2.75) is 156 Å². The molecule has 0 fully saturated rings. The highest BCUT2D eigenvalue weighted by molar-refractivity contribution is 6.33. The quantitative estimate of drug-likeness (QED) is 0.0782. The van der Waals surface area contributed by atoms with E-state index in [0.717, 1.165) is 46.1 Å². The summed E-state index contributed by atoms with van der Waals surface area (Å²) in [4.78, 5) is 79.9. The number of nitrogens with zero attached hydrogens (tertiary/aromatic N) is 3. The average molecular weight is 1340 g/mol. The number of amides is 3. The van der Waals surface area contributed by atoms with Crippen LogP contribution in [0.15, 0.2) is 121 Å². The van der Waals surface area contributed by atoms with Gasteiger partial charge in [0.2, 0.25) is 0 Å². The molecular weight excluding hydrogens is 1260 g/mol. The largest absolute Gasteiger partial charge is 0.489 e. The van der Waals surface area contributed by atoms with Gasteiger partial charge < -0.3 is 42.6 Å². The Morgan fingerprint density at radius 1 is 0.457 bits per heavy atom. The van der Waals surface area contributed by atoms with Crippen molar-refractivity contribution in [3.05, 3.63) is 193 Å². The molecule has 94 heavy (non-hydrogen) atoms. The molecule has 6 aromatic carbocycles. The molecule has 0 N–H and O–H groups in total. The summed E-state index contributed by atoms with van der Waals surface area (Å²) < 4.78 is 76.2. The van der Waals surface area contributed by atoms with E-state index in [0.29, 0.717) is 77.2 Å². The molecule has 3 heterocycles. The minimum Gasteiger partial charge on any atom is -0.489 e. The zero-order chi connectivity index (χ0) is 69.0. The summed E-state index contributed by atoms with van der Waals surface area (Å²) in [7, 11) is 3.90. The van der Waals surface area contributed by atoms with Gasteiger partial charge in [-0.25, -0.2) is 37.5 Å². The summed E-state index contributed by atoms with van der Waals surface area (Å²) >= 11 is 12.2. The molecule has 0 radical (unpaired) electrons. The van der Waals surface area contributed by atoms with E-state index < -0.39 is 77.0 Å². The van der Waals surface area contributed by atoms with Gasteiger partial charge in [0.05, 0.1) is 21.3 Å². The minimum absolute atomic E-state index is 0.0720. The van der Waals surface area contributed by atoms with E-state index >= 15 is 0 Å². The van der Waals surface area contributed by atoms with Gasteiger partial charge in [-0.2, -0.15) is 0 Å². The molecule has 3 aliphatic rings. The fraction of sp³-hybridized carbons (Fsp3) is 0.417. The first-order chi connectivity index (χ1) is 44.1. The number of halogens is 4. The number of carbonyl (C=O) groups is 6. The Bertz CT molecular complexity index is 3690. The number of hydrogen-bond acceptors (Lipinski definition) is 15. The van der Waals surface area contributed by atoms with Crippen LogP contribution in [0, 0.1) is 6.92 Å². The molecule has 0 aromatic heterocycles. The molecule has 0 bridgehead atoms. The number of methoxy groups -OCH3 is 3. The first-order valence-electron chi connectivity index (χ1n) is 30.6. The van der Waals surface area contributed by atoms with Gasteiger partial charge in [-0.05, 0) is 194 Å². The molecule has 0 saturated heterocycles. The van der Waals surface area contributed by atoms with E-state index in [4.69, 9.17) is 65.8 Å². The van der Waals surface area contributed by atoms with Crippen molar-refractivity contribution in [3.8, 4) is 17.2 Å². The fourth-order valence-electron chi connectivity index (χ4n) is 10.5. The second kappa shape index (κ2) is 31.1. The first kappa shape index (κ1) is 72.8. The standard InChI is InChI=1S/C25H29F2NO5.C24H29NO5.C23H25Cl2NO5/c1-24(2,3)33-23(30)28-12-11-17-14-19(9-10-20(17)21(28)22(29)31-5)32-15-16-7-6-8-18(13-16)25(4,26)27;1-16-6-8-17(9-7-16)15-29-19-10-11-20-18(14-19)12-13-25(21(20)22(26)28-5)23(27)30-24(2,3)4;1-23(2,3)31-22(28)26-10-9-14-12-17(6-7-18(14)20(26)21(27)29-4)30-13-15-11-16(24)5-8-19(15)25/h6-10,13-14,21H,11-12,15H2,1-5H3;6-11,14,21H,12-13,15H2,1-5H3;5-8,11-12,20H,9-10,13H2,1-4H3/t2*21-;20-/m111/s1. The summed E-state index contributed by atoms with van der Waals surface area (Å²) in [5.41, 5.74) is 6.38. The van der Waals surface area contributed by atoms with Gasteiger partial charge in [-0.3, -0.25) is 14.7 Å². The normalized spacial score (nSPS) is 15.9. The second-order valence-electron chi connectivity index (χ2n) is 25.8. The second-order valence-corrected chi connectivity index (χ2v) is 26.6. The Kier molecular flexibility index (Phi) is 24.1. The Morgan fingerprint density at radius 2 is 0.830 bits per heavy atom. The van der Waals surface area contributed by atoms with E-state index in [9.17, 15) is 37.5 Å². The zero-order valence-corrected chi connectivity index (χ0v) is 57.1. The highest BCUT2D eigenvalue weighted by Crippen LogP contribution is 2.39. The molecule has 18 nitrogen and oxygen atoms in total. The lowest BCUT2D eigenvalue weighted by Crippen LogP contribution is -2.46. The SMILES string of the molecule is COC(=O)[C@H]1c2ccc(OCc3cc(Cl)ccc3Cl)cc2CCN1C(=O)OC(C)(C)C.COC(=O)[C@H]1c2ccc(OCc3ccc(C)cc3)cc2CCN1C(=O)OC(C)(C)C.COC(=O)[C@H]1c2ccc(OCc3cccc(C(C)(F)F)c3)cc2CCN1C(=O)OC(C)(C)C. The lowest BCUT2D eigenvalue weighted by Gasteiger charge is -2.36. The third-order valence-electron chi connectivity index (χ3n) is 15.0. The van der Waals surface area contributed by atoms with E-state index in [1.165, 1.54) is 53.7 Å². The Morgan fingerprint density at radius 3 is 1.19 bits per heavy atom. The average Bonchev–Trinajstić information content (AvgIpc) is 0.792. The highest BCUT2D eigenvalue weighted by atomic mass is 35.5. The smallest absolute Gasteiger partial charge is 0.411 e. The maximum atomic E-state index is 13.6. The Labute approximate surface area is 558 Å². The summed E-state index contributed by atoms with van der Waals surface area (Å²) in [6.07, 6.45) is -0.0122. The summed E-state index contributed by atoms with van der Waals surface area (Å²) in [6.45, 7) is 20.7. The third-order valence-corrected chi connectivity index (χ3v) is 15.6. The third kappa shape index (κ3) is 20.0. The van der Waals surface area contributed by atoms with Gasteiger partial charge in [0.25, 0.3) is 5.92 Å². The molecule has 3 aliphatic heterocycles. The van der Waals surface area contributed by atoms with Crippen LogP contribution in [-0.2, 0) is 87.8 Å². The molecule has 3 atom stereocenters. The molecular formula is C72H83Cl2F2N3O15. The van der Waals surface area contributed by atoms with Crippen LogP contribution >= 0.6 is 23.2 Å². The number of benzene rings is 6. The van der Waals surface area contributed by atoms with Gasteiger partial charge in [0, 0.05) is 47.7 Å². The maximum Gasteiger partial charge on any atom is 0.411 e. The van der Waals surface area contributed by atoms with Crippen molar-refractivity contribution in [3.63, 3.8) is 0 Å². The molecule has 0 saturated carbocycles. The number of hydrogen-bond donors (Lipinski definition) is 0.